The van der Waals surface area contributed by atoms with Gasteiger partial charge in [-0.1, -0.05) is 48.7 Å². The molecule has 1 amide bonds. The van der Waals surface area contributed by atoms with Gasteiger partial charge in [0.25, 0.3) is 0 Å². The molecule has 0 bridgehead atoms. The van der Waals surface area contributed by atoms with Crippen LogP contribution < -0.4 is 5.32 Å². The first-order valence-electron chi connectivity index (χ1n) is 9.09. The number of hydrogen-bond acceptors (Lipinski definition) is 4. The van der Waals surface area contributed by atoms with E-state index in [0.717, 1.165) is 5.39 Å². The molecule has 3 aromatic rings. The zero-order chi connectivity index (χ0) is 19.8. The Bertz CT molecular complexity index is 1140. The molecule has 1 saturated carbocycles. The zero-order valence-electron chi connectivity index (χ0n) is 15.1. The highest BCUT2D eigenvalue weighted by molar-refractivity contribution is 7.93. The lowest BCUT2D eigenvalue weighted by atomic mass is 10.1. The molecule has 0 aliphatic heterocycles. The van der Waals surface area contributed by atoms with Gasteiger partial charge in [0.15, 0.2) is 14.6 Å². The molecular formula is C21H19ClN2O3S. The second-order valence-corrected chi connectivity index (χ2v) is 9.70. The highest BCUT2D eigenvalue weighted by atomic mass is 35.5. The predicted molar refractivity (Wildman–Crippen MR) is 110 cm³/mol. The number of sulfone groups is 1. The Morgan fingerprint density at radius 3 is 2.46 bits per heavy atom. The molecule has 4 rings (SSSR count). The van der Waals surface area contributed by atoms with Crippen LogP contribution in [-0.2, 0) is 14.6 Å². The minimum Gasteiger partial charge on any atom is -0.323 e. The maximum Gasteiger partial charge on any atom is 0.246 e. The summed E-state index contributed by atoms with van der Waals surface area (Å²) in [5, 5.41) is 4.04. The van der Waals surface area contributed by atoms with Crippen molar-refractivity contribution in [3.63, 3.8) is 0 Å². The van der Waals surface area contributed by atoms with E-state index in [4.69, 9.17) is 11.6 Å². The van der Waals surface area contributed by atoms with E-state index in [2.05, 4.69) is 10.3 Å². The average Bonchev–Trinajstić information content (AvgIpc) is 3.20. The third kappa shape index (κ3) is 3.06. The molecule has 144 valence electrons. The van der Waals surface area contributed by atoms with Crippen molar-refractivity contribution in [2.75, 3.05) is 5.32 Å². The fourth-order valence-corrected chi connectivity index (χ4v) is 6.19. The van der Waals surface area contributed by atoms with Gasteiger partial charge in [0.05, 0.1) is 16.1 Å². The summed E-state index contributed by atoms with van der Waals surface area (Å²) in [5.74, 6) is -0.525. The summed E-state index contributed by atoms with van der Waals surface area (Å²) in [6.07, 6.45) is 3.59. The number of nitrogens with zero attached hydrogens (tertiary/aromatic N) is 1. The van der Waals surface area contributed by atoms with Gasteiger partial charge in [0.2, 0.25) is 5.91 Å². The monoisotopic (exact) mass is 414 g/mol. The largest absolute Gasteiger partial charge is 0.323 e. The van der Waals surface area contributed by atoms with Crippen LogP contribution in [0, 0.1) is 0 Å². The van der Waals surface area contributed by atoms with Gasteiger partial charge in [-0.3, -0.25) is 9.78 Å². The van der Waals surface area contributed by atoms with Crippen LogP contribution in [0.2, 0.25) is 5.02 Å². The van der Waals surface area contributed by atoms with Crippen LogP contribution >= 0.6 is 11.6 Å². The van der Waals surface area contributed by atoms with Gasteiger partial charge in [-0.2, -0.15) is 0 Å². The van der Waals surface area contributed by atoms with Gasteiger partial charge in [-0.05, 0) is 43.2 Å². The van der Waals surface area contributed by atoms with Gasteiger partial charge in [0, 0.05) is 16.6 Å². The van der Waals surface area contributed by atoms with Crippen LogP contribution in [0.15, 0.2) is 65.7 Å². The van der Waals surface area contributed by atoms with E-state index in [1.54, 1.807) is 54.7 Å². The maximum atomic E-state index is 13.4. The zero-order valence-corrected chi connectivity index (χ0v) is 16.6. The average molecular weight is 415 g/mol. The van der Waals surface area contributed by atoms with E-state index in [-0.39, 0.29) is 4.90 Å². The molecule has 7 heteroatoms. The Labute approximate surface area is 168 Å². The van der Waals surface area contributed by atoms with Crippen molar-refractivity contribution in [1.82, 2.24) is 4.98 Å². The van der Waals surface area contributed by atoms with Crippen LogP contribution in [0.3, 0.4) is 0 Å². The summed E-state index contributed by atoms with van der Waals surface area (Å²) < 4.78 is 25.3. The number of anilines is 1. The number of halogens is 1. The van der Waals surface area contributed by atoms with Crippen LogP contribution in [0.1, 0.15) is 25.7 Å². The molecule has 28 heavy (non-hydrogen) atoms. The molecule has 0 radical (unpaired) electrons. The van der Waals surface area contributed by atoms with Gasteiger partial charge in [-0.25, -0.2) is 8.42 Å². The SMILES string of the molecule is O=C(Nc1cc(Cl)cc2cccnc12)C1(S(=O)(=O)c2ccccc2)CCCC1. The minimum atomic E-state index is -3.85. The third-order valence-electron chi connectivity index (χ3n) is 5.31. The van der Waals surface area contributed by atoms with E-state index in [0.29, 0.717) is 41.9 Å². The lowest BCUT2D eigenvalue weighted by Gasteiger charge is -2.28. The highest BCUT2D eigenvalue weighted by Gasteiger charge is 2.53. The summed E-state index contributed by atoms with van der Waals surface area (Å²) in [5.41, 5.74) is 0.994. The smallest absolute Gasteiger partial charge is 0.246 e. The van der Waals surface area contributed by atoms with E-state index in [9.17, 15) is 13.2 Å². The first-order valence-corrected chi connectivity index (χ1v) is 11.0. The molecule has 1 N–H and O–H groups in total. The first kappa shape index (κ1) is 18.9. The van der Waals surface area contributed by atoms with Crippen molar-refractivity contribution >= 4 is 43.9 Å². The molecule has 1 fully saturated rings. The molecule has 1 heterocycles. The predicted octanol–water partition coefficient (Wildman–Crippen LogP) is 4.61. The Morgan fingerprint density at radius 1 is 1.04 bits per heavy atom. The van der Waals surface area contributed by atoms with E-state index >= 15 is 0 Å². The van der Waals surface area contributed by atoms with Gasteiger partial charge >= 0.3 is 0 Å². The van der Waals surface area contributed by atoms with E-state index in [1.165, 1.54) is 0 Å². The number of hydrogen-bond donors (Lipinski definition) is 1. The molecule has 1 aliphatic carbocycles. The van der Waals surface area contributed by atoms with Crippen molar-refractivity contribution in [3.8, 4) is 0 Å². The van der Waals surface area contributed by atoms with E-state index in [1.807, 2.05) is 6.07 Å². The standard InChI is InChI=1S/C21H19ClN2O3S/c22-16-13-15-7-6-12-23-19(15)18(14-16)24-20(25)21(10-4-5-11-21)28(26,27)17-8-2-1-3-9-17/h1-3,6-9,12-14H,4-5,10-11H2,(H,24,25). The lowest BCUT2D eigenvalue weighted by Crippen LogP contribution is -2.47. The number of amides is 1. The topological polar surface area (TPSA) is 76.1 Å². The summed E-state index contributed by atoms with van der Waals surface area (Å²) in [4.78, 5) is 17.8. The normalized spacial score (nSPS) is 16.2. The van der Waals surface area contributed by atoms with Crippen LogP contribution in [0.25, 0.3) is 10.9 Å². The lowest BCUT2D eigenvalue weighted by molar-refractivity contribution is -0.118. The Morgan fingerprint density at radius 2 is 1.75 bits per heavy atom. The molecule has 5 nitrogen and oxygen atoms in total. The van der Waals surface area contributed by atoms with Crippen LogP contribution in [-0.4, -0.2) is 24.1 Å². The number of carbonyl (C=O) groups excluding carboxylic acids is 1. The Balaban J connectivity index is 1.78. The third-order valence-corrected chi connectivity index (χ3v) is 8.04. The van der Waals surface area contributed by atoms with Crippen molar-refractivity contribution in [2.24, 2.45) is 0 Å². The molecular weight excluding hydrogens is 396 g/mol. The fraction of sp³-hybridized carbons (Fsp3) is 0.238. The summed E-state index contributed by atoms with van der Waals surface area (Å²) in [6, 6.07) is 15.2. The number of carbonyl (C=O) groups is 1. The summed E-state index contributed by atoms with van der Waals surface area (Å²) in [6.45, 7) is 0. The van der Waals surface area contributed by atoms with Crippen molar-refractivity contribution in [1.29, 1.82) is 0 Å². The minimum absolute atomic E-state index is 0.168. The van der Waals surface area contributed by atoms with Gasteiger partial charge in [0.1, 0.15) is 0 Å². The number of benzene rings is 2. The second kappa shape index (κ2) is 7.18. The molecule has 0 atom stereocenters. The fourth-order valence-electron chi connectivity index (χ4n) is 3.88. The second-order valence-electron chi connectivity index (χ2n) is 7.00. The Kier molecular flexibility index (Phi) is 4.85. The number of rotatable bonds is 4. The highest BCUT2D eigenvalue weighted by Crippen LogP contribution is 2.42. The quantitative estimate of drug-likeness (QED) is 0.676. The molecule has 0 spiro atoms. The van der Waals surface area contributed by atoms with Crippen molar-refractivity contribution in [3.05, 3.63) is 65.8 Å². The summed E-state index contributed by atoms with van der Waals surface area (Å²) >= 11 is 6.19. The number of aromatic nitrogens is 1. The molecule has 2 aromatic carbocycles. The number of pyridine rings is 1. The number of fused-ring (bicyclic) bond motifs is 1. The Hall–Kier alpha value is -2.44. The van der Waals surface area contributed by atoms with Gasteiger partial charge < -0.3 is 5.32 Å². The first-order chi connectivity index (χ1) is 13.4. The maximum absolute atomic E-state index is 13.4. The summed E-state index contributed by atoms with van der Waals surface area (Å²) in [7, 11) is -3.85. The molecule has 1 aliphatic rings. The van der Waals surface area contributed by atoms with Crippen molar-refractivity contribution in [2.45, 2.75) is 35.3 Å². The van der Waals surface area contributed by atoms with Gasteiger partial charge in [-0.15, -0.1) is 0 Å². The number of nitrogens with one attached hydrogen (secondary N) is 1. The molecule has 0 unspecified atom stereocenters. The van der Waals surface area contributed by atoms with E-state index < -0.39 is 20.5 Å². The van der Waals surface area contributed by atoms with Crippen LogP contribution in [0.4, 0.5) is 5.69 Å². The molecule has 0 saturated heterocycles. The van der Waals surface area contributed by atoms with Crippen LogP contribution in [0.5, 0.6) is 0 Å². The molecule has 1 aromatic heterocycles. The van der Waals surface area contributed by atoms with Crippen molar-refractivity contribution < 1.29 is 13.2 Å².